The number of carbonyl (C=O) groups is 1. The molecule has 0 aromatic rings. The first kappa shape index (κ1) is 15.4. The third kappa shape index (κ3) is 6.80. The average Bonchev–Trinajstić information content (AvgIpc) is 2.31. The predicted molar refractivity (Wildman–Crippen MR) is 66.8 cm³/mol. The Labute approximate surface area is 99.2 Å². The summed E-state index contributed by atoms with van der Waals surface area (Å²) >= 11 is 0. The van der Waals surface area contributed by atoms with Crippen LogP contribution in [0.2, 0.25) is 0 Å². The maximum Gasteiger partial charge on any atom is 0.304 e. The summed E-state index contributed by atoms with van der Waals surface area (Å²) in [5, 5.41) is 8.54. The number of carboxylic acid groups (broad SMARTS) is 1. The molecule has 0 aliphatic carbocycles. The number of rotatable bonds is 5. The Morgan fingerprint density at radius 2 is 1.50 bits per heavy atom. The van der Waals surface area contributed by atoms with E-state index >= 15 is 0 Å². The van der Waals surface area contributed by atoms with E-state index < -0.39 is 5.97 Å². The van der Waals surface area contributed by atoms with Gasteiger partial charge in [-0.05, 0) is 13.0 Å². The summed E-state index contributed by atoms with van der Waals surface area (Å²) in [6, 6.07) is 0. The molecule has 0 spiro atoms. The highest BCUT2D eigenvalue weighted by Crippen LogP contribution is 2.02. The zero-order valence-corrected chi connectivity index (χ0v) is 10.9. The fourth-order valence-corrected chi connectivity index (χ4v) is 1.81. The molecule has 0 atom stereocenters. The van der Waals surface area contributed by atoms with Crippen LogP contribution in [0.3, 0.4) is 0 Å². The molecule has 0 bridgehead atoms. The lowest BCUT2D eigenvalue weighted by atomic mass is 10.3. The number of carboxylic acids is 1. The first-order chi connectivity index (χ1) is 7.72. The van der Waals surface area contributed by atoms with Crippen molar-refractivity contribution < 1.29 is 9.90 Å². The van der Waals surface area contributed by atoms with Gasteiger partial charge in [0.1, 0.15) is 0 Å². The van der Waals surface area contributed by atoms with E-state index in [0.717, 1.165) is 26.2 Å². The van der Waals surface area contributed by atoms with E-state index in [-0.39, 0.29) is 6.42 Å². The Bertz CT molecular complexity index is 178. The fourth-order valence-electron chi connectivity index (χ4n) is 1.81. The molecule has 0 aromatic heterocycles. The molecule has 4 nitrogen and oxygen atoms in total. The molecule has 1 N–H and O–H groups in total. The molecule has 1 fully saturated rings. The van der Waals surface area contributed by atoms with Crippen molar-refractivity contribution >= 4 is 5.97 Å². The van der Waals surface area contributed by atoms with Crippen LogP contribution in [0.25, 0.3) is 0 Å². The normalized spacial score (nSPS) is 17.7. The summed E-state index contributed by atoms with van der Waals surface area (Å²) in [6.07, 6.45) is 1.48. The highest BCUT2D eigenvalue weighted by Gasteiger charge is 2.15. The molecule has 96 valence electrons. The largest absolute Gasteiger partial charge is 0.481 e. The molecule has 16 heavy (non-hydrogen) atoms. The van der Waals surface area contributed by atoms with Crippen molar-refractivity contribution in [3.8, 4) is 0 Å². The van der Waals surface area contributed by atoms with Crippen molar-refractivity contribution in [2.75, 3.05) is 39.3 Å². The maximum atomic E-state index is 10.4. The Morgan fingerprint density at radius 1 is 1.06 bits per heavy atom. The monoisotopic (exact) mass is 230 g/mol. The SMILES string of the molecule is CC.CCCN1CCN(CCC(=O)O)CC1. The topological polar surface area (TPSA) is 43.8 Å². The van der Waals surface area contributed by atoms with E-state index in [2.05, 4.69) is 16.7 Å². The van der Waals surface area contributed by atoms with Crippen molar-refractivity contribution in [3.05, 3.63) is 0 Å². The van der Waals surface area contributed by atoms with Crippen LogP contribution in [-0.2, 0) is 4.79 Å². The molecule has 0 unspecified atom stereocenters. The number of hydrogen-bond donors (Lipinski definition) is 1. The Hall–Kier alpha value is -0.610. The Kier molecular flexibility index (Phi) is 9.24. The van der Waals surface area contributed by atoms with Gasteiger partial charge in [0.25, 0.3) is 0 Å². The third-order valence-corrected chi connectivity index (χ3v) is 2.65. The molecular weight excluding hydrogens is 204 g/mol. The Balaban J connectivity index is 0.00000106. The van der Waals surface area contributed by atoms with Gasteiger partial charge in [-0.2, -0.15) is 0 Å². The summed E-state index contributed by atoms with van der Waals surface area (Å²) in [4.78, 5) is 15.0. The molecule has 1 saturated heterocycles. The highest BCUT2D eigenvalue weighted by atomic mass is 16.4. The van der Waals surface area contributed by atoms with Gasteiger partial charge in [0.2, 0.25) is 0 Å². The van der Waals surface area contributed by atoms with Crippen molar-refractivity contribution in [3.63, 3.8) is 0 Å². The molecule has 0 aromatic carbocycles. The van der Waals surface area contributed by atoms with Crippen molar-refractivity contribution in [2.24, 2.45) is 0 Å². The molecule has 1 aliphatic heterocycles. The fraction of sp³-hybridized carbons (Fsp3) is 0.917. The van der Waals surface area contributed by atoms with Gasteiger partial charge in [0.05, 0.1) is 6.42 Å². The lowest BCUT2D eigenvalue weighted by Gasteiger charge is -2.34. The van der Waals surface area contributed by atoms with Crippen molar-refractivity contribution in [1.82, 2.24) is 9.80 Å². The second-order valence-corrected chi connectivity index (χ2v) is 3.83. The maximum absolute atomic E-state index is 10.4. The molecule has 4 heteroatoms. The van der Waals surface area contributed by atoms with Crippen LogP contribution in [0, 0.1) is 0 Å². The zero-order chi connectivity index (χ0) is 12.4. The second-order valence-electron chi connectivity index (χ2n) is 3.83. The number of aliphatic carboxylic acids is 1. The van der Waals surface area contributed by atoms with Gasteiger partial charge < -0.3 is 14.9 Å². The molecule has 0 radical (unpaired) electrons. The quantitative estimate of drug-likeness (QED) is 0.777. The molecule has 0 saturated carbocycles. The molecule has 1 aliphatic rings. The smallest absolute Gasteiger partial charge is 0.304 e. The number of piperazine rings is 1. The van der Waals surface area contributed by atoms with Crippen LogP contribution in [0.4, 0.5) is 0 Å². The summed E-state index contributed by atoms with van der Waals surface area (Å²) in [5.41, 5.74) is 0. The number of nitrogens with zero attached hydrogens (tertiary/aromatic N) is 2. The van der Waals surface area contributed by atoms with E-state index in [9.17, 15) is 4.79 Å². The first-order valence-corrected chi connectivity index (χ1v) is 6.39. The number of hydrogen-bond acceptors (Lipinski definition) is 3. The minimum atomic E-state index is -0.694. The van der Waals surface area contributed by atoms with Crippen molar-refractivity contribution in [2.45, 2.75) is 33.6 Å². The van der Waals surface area contributed by atoms with Gasteiger partial charge >= 0.3 is 5.97 Å². The van der Waals surface area contributed by atoms with E-state index in [4.69, 9.17) is 5.11 Å². The van der Waals surface area contributed by atoms with E-state index in [0.29, 0.717) is 6.54 Å². The van der Waals surface area contributed by atoms with Gasteiger partial charge in [-0.1, -0.05) is 20.8 Å². The van der Waals surface area contributed by atoms with Gasteiger partial charge in [-0.25, -0.2) is 0 Å². The predicted octanol–water partition coefficient (Wildman–Crippen LogP) is 1.51. The highest BCUT2D eigenvalue weighted by molar-refractivity contribution is 5.66. The summed E-state index contributed by atoms with van der Waals surface area (Å²) in [5.74, 6) is -0.694. The summed E-state index contributed by atoms with van der Waals surface area (Å²) < 4.78 is 0. The van der Waals surface area contributed by atoms with Gasteiger partial charge in [-0.15, -0.1) is 0 Å². The van der Waals surface area contributed by atoms with Crippen LogP contribution in [0.1, 0.15) is 33.6 Å². The molecule has 0 amide bonds. The van der Waals surface area contributed by atoms with E-state index in [1.54, 1.807) is 0 Å². The van der Waals surface area contributed by atoms with Crippen LogP contribution >= 0.6 is 0 Å². The molecule has 1 rings (SSSR count). The van der Waals surface area contributed by atoms with Gasteiger partial charge in [0.15, 0.2) is 0 Å². The van der Waals surface area contributed by atoms with Crippen LogP contribution < -0.4 is 0 Å². The van der Waals surface area contributed by atoms with Crippen molar-refractivity contribution in [1.29, 1.82) is 0 Å². The molecule has 1 heterocycles. The second kappa shape index (κ2) is 9.60. The lowest BCUT2D eigenvalue weighted by Crippen LogP contribution is -2.46. The Morgan fingerprint density at radius 3 is 1.88 bits per heavy atom. The van der Waals surface area contributed by atoms with Gasteiger partial charge in [-0.3, -0.25) is 4.79 Å². The molecular formula is C12H26N2O2. The van der Waals surface area contributed by atoms with Crippen LogP contribution in [0.5, 0.6) is 0 Å². The first-order valence-electron chi connectivity index (χ1n) is 6.39. The standard InChI is InChI=1S/C10H20N2O2.C2H6/c1-2-4-11-6-8-12(9-7-11)5-3-10(13)14;1-2/h2-9H2,1H3,(H,13,14);1-2H3. The zero-order valence-electron chi connectivity index (χ0n) is 10.9. The van der Waals surface area contributed by atoms with Crippen LogP contribution in [0.15, 0.2) is 0 Å². The minimum absolute atomic E-state index is 0.272. The van der Waals surface area contributed by atoms with E-state index in [1.165, 1.54) is 13.0 Å². The summed E-state index contributed by atoms with van der Waals surface area (Å²) in [6.45, 7) is 12.3. The minimum Gasteiger partial charge on any atom is -0.481 e. The van der Waals surface area contributed by atoms with E-state index in [1.807, 2.05) is 13.8 Å². The lowest BCUT2D eigenvalue weighted by molar-refractivity contribution is -0.137. The van der Waals surface area contributed by atoms with Gasteiger partial charge in [0, 0.05) is 32.7 Å². The third-order valence-electron chi connectivity index (χ3n) is 2.65. The average molecular weight is 230 g/mol. The summed E-state index contributed by atoms with van der Waals surface area (Å²) in [7, 11) is 0. The van der Waals surface area contributed by atoms with Crippen LogP contribution in [-0.4, -0.2) is 60.1 Å².